The van der Waals surface area contributed by atoms with Gasteiger partial charge in [0.15, 0.2) is 0 Å². The maximum atomic E-state index is 4.99. The van der Waals surface area contributed by atoms with Crippen molar-refractivity contribution in [3.8, 4) is 0 Å². The van der Waals surface area contributed by atoms with Gasteiger partial charge in [0, 0.05) is 24.7 Å². The van der Waals surface area contributed by atoms with Gasteiger partial charge in [-0.05, 0) is 29.2 Å². The molecule has 0 heterocycles. The second kappa shape index (κ2) is 12.5. The molecule has 0 unspecified atom stereocenters. The Morgan fingerprint density at radius 2 is 0.941 bits per heavy atom. The van der Waals surface area contributed by atoms with Crippen LogP contribution in [0.25, 0.3) is 19.6 Å². The molecule has 0 saturated carbocycles. The van der Waals surface area contributed by atoms with Crippen LogP contribution in [0.3, 0.4) is 0 Å². The molecule has 0 aliphatic heterocycles. The van der Waals surface area contributed by atoms with Crippen LogP contribution in [0.5, 0.6) is 0 Å². The normalized spacial score (nSPS) is 12.7. The average molecular weight is 515 g/mol. The minimum absolute atomic E-state index is 0.835. The van der Waals surface area contributed by atoms with E-state index in [9.17, 15) is 0 Å². The molecule has 0 saturated heterocycles. The van der Waals surface area contributed by atoms with Gasteiger partial charge in [-0.25, -0.2) is 0 Å². The van der Waals surface area contributed by atoms with E-state index in [4.69, 9.17) is 25.3 Å². The minimum Gasteiger partial charge on any atom is -0.142 e. The summed E-state index contributed by atoms with van der Waals surface area (Å²) in [5.74, 6) is 0. The van der Waals surface area contributed by atoms with E-state index in [-0.39, 0.29) is 0 Å². The Kier molecular flexibility index (Phi) is 9.11. The number of rotatable bonds is 8. The predicted octanol–water partition coefficient (Wildman–Crippen LogP) is 9.63. The lowest BCUT2D eigenvalue weighted by atomic mass is 10.1. The van der Waals surface area contributed by atoms with Crippen LogP contribution >= 0.6 is 48.8 Å². The Hall–Kier alpha value is -2.24. The molecule has 4 rings (SSSR count). The van der Waals surface area contributed by atoms with E-state index in [1.165, 1.54) is 26.5 Å². The lowest BCUT2D eigenvalue weighted by molar-refractivity contribution is 1.46. The molecule has 0 N–H and O–H groups in total. The smallest absolute Gasteiger partial charge is 0.0488 e. The molecule has 0 aliphatic rings. The SMILES string of the molecule is Cc1cccc(/C(S)=C(/SCS/C(=C(\S)c2ccccc2)c2ccccc2)c2ccccc2)c1. The summed E-state index contributed by atoms with van der Waals surface area (Å²) in [7, 11) is 0. The molecule has 0 bridgehead atoms. The molecule has 0 amide bonds. The topological polar surface area (TPSA) is 0 Å². The first kappa shape index (κ1) is 24.9. The summed E-state index contributed by atoms with van der Waals surface area (Å²) in [6.07, 6.45) is 0. The van der Waals surface area contributed by atoms with Crippen LogP contribution in [0.2, 0.25) is 0 Å². The van der Waals surface area contributed by atoms with E-state index in [1.807, 2.05) is 35.7 Å². The van der Waals surface area contributed by atoms with E-state index in [1.54, 1.807) is 0 Å². The Labute approximate surface area is 222 Å². The highest BCUT2D eigenvalue weighted by atomic mass is 32.2. The fourth-order valence-electron chi connectivity index (χ4n) is 3.55. The molecular weight excluding hydrogens is 489 g/mol. The van der Waals surface area contributed by atoms with Gasteiger partial charge in [0.05, 0.1) is 0 Å². The summed E-state index contributed by atoms with van der Waals surface area (Å²) in [5.41, 5.74) is 5.84. The highest BCUT2D eigenvalue weighted by Crippen LogP contribution is 2.44. The van der Waals surface area contributed by atoms with E-state index in [0.717, 1.165) is 26.0 Å². The molecule has 4 aromatic carbocycles. The summed E-state index contributed by atoms with van der Waals surface area (Å²) >= 11 is 13.6. The molecule has 0 nitrogen and oxygen atoms in total. The third kappa shape index (κ3) is 6.45. The molecule has 0 spiro atoms. The molecule has 34 heavy (non-hydrogen) atoms. The Bertz CT molecular complexity index is 1280. The van der Waals surface area contributed by atoms with Crippen LogP contribution in [0.1, 0.15) is 27.8 Å². The van der Waals surface area contributed by atoms with Crippen molar-refractivity contribution in [2.24, 2.45) is 0 Å². The lowest BCUT2D eigenvalue weighted by Crippen LogP contribution is -1.89. The van der Waals surface area contributed by atoms with E-state index < -0.39 is 0 Å². The monoisotopic (exact) mass is 514 g/mol. The Morgan fingerprint density at radius 3 is 1.41 bits per heavy atom. The van der Waals surface area contributed by atoms with Gasteiger partial charge in [0.25, 0.3) is 0 Å². The fraction of sp³-hybridized carbons (Fsp3) is 0.0667. The third-order valence-corrected chi connectivity index (χ3v) is 8.91. The molecule has 0 aliphatic carbocycles. The van der Waals surface area contributed by atoms with Crippen LogP contribution in [0.15, 0.2) is 115 Å². The van der Waals surface area contributed by atoms with Gasteiger partial charge < -0.3 is 0 Å². The predicted molar refractivity (Wildman–Crippen MR) is 162 cm³/mol. The molecule has 0 radical (unpaired) electrons. The quantitative estimate of drug-likeness (QED) is 0.136. The summed E-state index contributed by atoms with van der Waals surface area (Å²) in [5, 5.41) is 0.835. The van der Waals surface area contributed by atoms with Crippen molar-refractivity contribution >= 4 is 68.4 Å². The number of hydrogen-bond acceptors (Lipinski definition) is 4. The van der Waals surface area contributed by atoms with Gasteiger partial charge in [0.2, 0.25) is 0 Å². The molecular formula is C30H26S4. The Balaban J connectivity index is 1.66. The summed E-state index contributed by atoms with van der Waals surface area (Å²) < 4.78 is 0. The summed E-state index contributed by atoms with van der Waals surface area (Å²) in [6.45, 7) is 2.12. The lowest BCUT2D eigenvalue weighted by Gasteiger charge is -2.15. The van der Waals surface area contributed by atoms with Crippen molar-refractivity contribution < 1.29 is 0 Å². The van der Waals surface area contributed by atoms with Crippen LogP contribution in [0.4, 0.5) is 0 Å². The molecule has 170 valence electrons. The highest BCUT2D eigenvalue weighted by molar-refractivity contribution is 8.25. The second-order valence-electron chi connectivity index (χ2n) is 7.73. The van der Waals surface area contributed by atoms with Crippen molar-refractivity contribution in [2.75, 3.05) is 5.08 Å². The average Bonchev–Trinajstić information content (AvgIpc) is 2.90. The fourth-order valence-corrected chi connectivity index (χ4v) is 6.78. The highest BCUT2D eigenvalue weighted by Gasteiger charge is 2.13. The van der Waals surface area contributed by atoms with E-state index in [2.05, 4.69) is 110 Å². The maximum Gasteiger partial charge on any atom is 0.0488 e. The standard InChI is InChI=1S/C30H26S4/c1-22-12-11-19-26(20-22)28(32)30(25-17-9-4-10-18-25)34-21-33-29(24-15-7-3-8-16-24)27(31)23-13-5-2-6-14-23/h2-20,31-32H,21H2,1H3/b29-27-,30-28-. The van der Waals surface area contributed by atoms with Crippen LogP contribution in [-0.4, -0.2) is 5.08 Å². The molecule has 0 aromatic heterocycles. The van der Waals surface area contributed by atoms with Crippen molar-refractivity contribution in [2.45, 2.75) is 6.92 Å². The number of hydrogen-bond donors (Lipinski definition) is 2. The van der Waals surface area contributed by atoms with Crippen molar-refractivity contribution in [1.29, 1.82) is 0 Å². The zero-order valence-corrected chi connectivity index (χ0v) is 22.3. The maximum absolute atomic E-state index is 4.99. The van der Waals surface area contributed by atoms with Gasteiger partial charge >= 0.3 is 0 Å². The van der Waals surface area contributed by atoms with Crippen LogP contribution in [-0.2, 0) is 0 Å². The first-order valence-electron chi connectivity index (χ1n) is 11.0. The van der Waals surface area contributed by atoms with Gasteiger partial charge in [-0.3, -0.25) is 0 Å². The number of aryl methyl sites for hydroxylation is 1. The zero-order valence-electron chi connectivity index (χ0n) is 18.9. The minimum atomic E-state index is 0.835. The van der Waals surface area contributed by atoms with Crippen molar-refractivity contribution in [1.82, 2.24) is 0 Å². The largest absolute Gasteiger partial charge is 0.142 e. The molecule has 4 heteroatoms. The van der Waals surface area contributed by atoms with E-state index in [0.29, 0.717) is 0 Å². The molecule has 0 atom stereocenters. The molecule has 4 aromatic rings. The van der Waals surface area contributed by atoms with Gasteiger partial charge in [0.1, 0.15) is 0 Å². The van der Waals surface area contributed by atoms with Gasteiger partial charge in [-0.1, -0.05) is 121 Å². The van der Waals surface area contributed by atoms with Crippen molar-refractivity contribution in [3.63, 3.8) is 0 Å². The molecule has 0 fully saturated rings. The number of thiol groups is 2. The Morgan fingerprint density at radius 1 is 0.529 bits per heavy atom. The van der Waals surface area contributed by atoms with Gasteiger partial charge in [-0.15, -0.1) is 48.8 Å². The van der Waals surface area contributed by atoms with Gasteiger partial charge in [-0.2, -0.15) is 0 Å². The summed E-state index contributed by atoms with van der Waals surface area (Å²) in [6, 6.07) is 39.9. The van der Waals surface area contributed by atoms with Crippen molar-refractivity contribution in [3.05, 3.63) is 143 Å². The zero-order chi connectivity index (χ0) is 23.8. The second-order valence-corrected chi connectivity index (χ2v) is 11.0. The third-order valence-electron chi connectivity index (χ3n) is 5.25. The number of thioether (sulfide) groups is 2. The first-order valence-corrected chi connectivity index (χ1v) is 13.9. The van der Waals surface area contributed by atoms with Crippen LogP contribution in [0, 0.1) is 6.92 Å². The van der Waals surface area contributed by atoms with Crippen LogP contribution < -0.4 is 0 Å². The first-order chi connectivity index (χ1) is 16.6. The van der Waals surface area contributed by atoms with E-state index >= 15 is 0 Å². The number of benzene rings is 4. The summed E-state index contributed by atoms with van der Waals surface area (Å²) in [4.78, 5) is 4.34.